The van der Waals surface area contributed by atoms with Crippen LogP contribution in [0.15, 0.2) is 67.1 Å². The molecule has 5 nitrogen and oxygen atoms in total. The first-order valence-corrected chi connectivity index (χ1v) is 8.51. The van der Waals surface area contributed by atoms with E-state index in [1.165, 1.54) is 0 Å². The lowest BCUT2D eigenvalue weighted by atomic mass is 10.2. The molecule has 128 valence electrons. The minimum Gasteiger partial charge on any atom is -0.286 e. The van der Waals surface area contributed by atoms with Crippen molar-refractivity contribution in [1.82, 2.24) is 24.7 Å². The van der Waals surface area contributed by atoms with Crippen LogP contribution in [0.1, 0.15) is 22.6 Å². The van der Waals surface area contributed by atoms with Crippen molar-refractivity contribution < 1.29 is 0 Å². The summed E-state index contributed by atoms with van der Waals surface area (Å²) in [6, 6.07) is 16.0. The van der Waals surface area contributed by atoms with Crippen molar-refractivity contribution in [1.29, 1.82) is 0 Å². The quantitative estimate of drug-likeness (QED) is 0.629. The van der Waals surface area contributed by atoms with Gasteiger partial charge in [0.25, 0.3) is 0 Å². The van der Waals surface area contributed by atoms with Crippen molar-refractivity contribution in [3.63, 3.8) is 0 Å². The Balaban J connectivity index is 1.73. The fourth-order valence-electron chi connectivity index (χ4n) is 2.57. The Morgan fingerprint density at radius 1 is 0.760 bits per heavy atom. The monoisotopic (exact) mass is 353 g/mol. The van der Waals surface area contributed by atoms with Crippen LogP contribution in [0.5, 0.6) is 0 Å². The van der Waals surface area contributed by atoms with Crippen molar-refractivity contribution in [2.75, 3.05) is 0 Å². The molecular formula is C19H20ClN5. The van der Waals surface area contributed by atoms with Gasteiger partial charge in [-0.25, -0.2) is 4.84 Å². The second-order valence-electron chi connectivity index (χ2n) is 5.76. The van der Waals surface area contributed by atoms with Gasteiger partial charge in [-0.1, -0.05) is 18.2 Å². The Hall–Kier alpha value is -2.34. The third kappa shape index (κ3) is 5.60. The summed E-state index contributed by atoms with van der Waals surface area (Å²) in [5, 5.41) is 0. The van der Waals surface area contributed by atoms with E-state index in [-0.39, 0.29) is 0 Å². The summed E-state index contributed by atoms with van der Waals surface area (Å²) in [5.41, 5.74) is 4.12. The number of hydrogen-bond donors (Lipinski definition) is 1. The molecule has 0 aliphatic heterocycles. The van der Waals surface area contributed by atoms with Crippen molar-refractivity contribution >= 4 is 11.8 Å². The van der Waals surface area contributed by atoms with Gasteiger partial charge in [0.2, 0.25) is 0 Å². The largest absolute Gasteiger partial charge is 0.286 e. The summed E-state index contributed by atoms with van der Waals surface area (Å²) in [7, 11) is 0. The average molecular weight is 354 g/mol. The lowest BCUT2D eigenvalue weighted by molar-refractivity contribution is 0.239. The molecule has 1 N–H and O–H groups in total. The maximum Gasteiger partial charge on any atom is 0.0544 e. The van der Waals surface area contributed by atoms with E-state index in [2.05, 4.69) is 24.7 Å². The van der Waals surface area contributed by atoms with Crippen LogP contribution >= 0.6 is 11.8 Å². The summed E-state index contributed by atoms with van der Waals surface area (Å²) in [6.45, 7) is 2.80. The highest BCUT2D eigenvalue weighted by Crippen LogP contribution is 2.11. The molecular weight excluding hydrogens is 334 g/mol. The number of halogens is 1. The van der Waals surface area contributed by atoms with Crippen molar-refractivity contribution in [2.45, 2.75) is 26.2 Å². The molecule has 6 heteroatoms. The standard InChI is InChI=1S/C19H20ClN5/c20-24-12-16-7-8-19(23-11-16)15-25(13-17-5-1-3-9-21-17)14-18-6-2-4-10-22-18/h1-11,24H,12-15H2. The van der Waals surface area contributed by atoms with E-state index < -0.39 is 0 Å². The first-order chi connectivity index (χ1) is 12.3. The van der Waals surface area contributed by atoms with Gasteiger partial charge in [-0.3, -0.25) is 19.9 Å². The highest BCUT2D eigenvalue weighted by atomic mass is 35.5. The minimum absolute atomic E-state index is 0.598. The number of nitrogens with one attached hydrogen (secondary N) is 1. The SMILES string of the molecule is ClNCc1ccc(CN(Cc2ccccn2)Cc2ccccn2)nc1. The van der Waals surface area contributed by atoms with Crippen molar-refractivity contribution in [2.24, 2.45) is 0 Å². The Labute approximate surface area is 152 Å². The maximum atomic E-state index is 5.54. The molecule has 0 radical (unpaired) electrons. The molecule has 3 heterocycles. The second kappa shape index (κ2) is 9.22. The van der Waals surface area contributed by atoms with Crippen LogP contribution in [0.25, 0.3) is 0 Å². The molecule has 3 rings (SSSR count). The van der Waals surface area contributed by atoms with Gasteiger partial charge < -0.3 is 0 Å². The van der Waals surface area contributed by atoms with E-state index in [4.69, 9.17) is 11.8 Å². The van der Waals surface area contributed by atoms with Gasteiger partial charge in [-0.2, -0.15) is 0 Å². The van der Waals surface area contributed by atoms with Crippen LogP contribution in [0, 0.1) is 0 Å². The number of pyridine rings is 3. The zero-order valence-electron chi connectivity index (χ0n) is 13.8. The first-order valence-electron chi connectivity index (χ1n) is 8.13. The molecule has 0 amide bonds. The molecule has 25 heavy (non-hydrogen) atoms. The average Bonchev–Trinajstić information content (AvgIpc) is 2.65. The molecule has 0 fully saturated rings. The molecule has 0 bridgehead atoms. The molecule has 0 aliphatic rings. The molecule has 0 unspecified atom stereocenters. The van der Waals surface area contributed by atoms with Crippen LogP contribution in [-0.2, 0) is 26.2 Å². The smallest absolute Gasteiger partial charge is 0.0544 e. The molecule has 3 aromatic heterocycles. The van der Waals surface area contributed by atoms with Crippen LogP contribution in [0.2, 0.25) is 0 Å². The van der Waals surface area contributed by atoms with Gasteiger partial charge >= 0.3 is 0 Å². The normalized spacial score (nSPS) is 11.0. The minimum atomic E-state index is 0.598. The Morgan fingerprint density at radius 3 is 1.80 bits per heavy atom. The highest BCUT2D eigenvalue weighted by Gasteiger charge is 2.10. The fourth-order valence-corrected chi connectivity index (χ4v) is 2.72. The molecule has 0 atom stereocenters. The summed E-state index contributed by atoms with van der Waals surface area (Å²) < 4.78 is 0. The number of rotatable bonds is 8. The van der Waals surface area contributed by atoms with E-state index in [0.29, 0.717) is 6.54 Å². The summed E-state index contributed by atoms with van der Waals surface area (Å²) in [6.07, 6.45) is 5.49. The van der Waals surface area contributed by atoms with Crippen LogP contribution in [0.3, 0.4) is 0 Å². The van der Waals surface area contributed by atoms with Crippen molar-refractivity contribution in [3.05, 3.63) is 89.8 Å². The van der Waals surface area contributed by atoms with Gasteiger partial charge in [-0.05, 0) is 47.7 Å². The molecule has 0 aliphatic carbocycles. The van der Waals surface area contributed by atoms with Gasteiger partial charge in [0.1, 0.15) is 0 Å². The molecule has 3 aromatic rings. The van der Waals surface area contributed by atoms with E-state index in [1.54, 1.807) is 0 Å². The number of hydrogen-bond acceptors (Lipinski definition) is 5. The van der Waals surface area contributed by atoms with Crippen LogP contribution in [0.4, 0.5) is 0 Å². The lowest BCUT2D eigenvalue weighted by Crippen LogP contribution is -2.24. The molecule has 0 aromatic carbocycles. The third-order valence-electron chi connectivity index (χ3n) is 3.77. The lowest BCUT2D eigenvalue weighted by Gasteiger charge is -2.21. The molecule has 0 saturated carbocycles. The topological polar surface area (TPSA) is 53.9 Å². The maximum absolute atomic E-state index is 5.54. The van der Waals surface area contributed by atoms with E-state index in [0.717, 1.165) is 42.3 Å². The zero-order valence-corrected chi connectivity index (χ0v) is 14.6. The third-order valence-corrected chi connectivity index (χ3v) is 3.90. The Kier molecular flexibility index (Phi) is 6.45. The van der Waals surface area contributed by atoms with Crippen molar-refractivity contribution in [3.8, 4) is 0 Å². The zero-order chi connectivity index (χ0) is 17.3. The fraction of sp³-hybridized carbons (Fsp3) is 0.211. The Bertz CT molecular complexity index is 708. The van der Waals surface area contributed by atoms with Gasteiger partial charge in [0.05, 0.1) is 17.1 Å². The number of nitrogens with zero attached hydrogens (tertiary/aromatic N) is 4. The second-order valence-corrected chi connectivity index (χ2v) is 6.02. The van der Waals surface area contributed by atoms with Crippen LogP contribution in [-0.4, -0.2) is 19.9 Å². The highest BCUT2D eigenvalue weighted by molar-refractivity contribution is 6.13. The van der Waals surface area contributed by atoms with E-state index in [9.17, 15) is 0 Å². The summed E-state index contributed by atoms with van der Waals surface area (Å²) >= 11 is 5.54. The van der Waals surface area contributed by atoms with E-state index >= 15 is 0 Å². The number of aromatic nitrogens is 3. The van der Waals surface area contributed by atoms with Gasteiger partial charge in [-0.15, -0.1) is 0 Å². The predicted octanol–water partition coefficient (Wildman–Crippen LogP) is 3.32. The Morgan fingerprint density at radius 2 is 1.36 bits per heavy atom. The van der Waals surface area contributed by atoms with Crippen LogP contribution < -0.4 is 4.84 Å². The first kappa shape index (κ1) is 17.5. The molecule has 0 spiro atoms. The van der Waals surface area contributed by atoms with Gasteiger partial charge in [0.15, 0.2) is 0 Å². The summed E-state index contributed by atoms with van der Waals surface area (Å²) in [4.78, 5) is 18.3. The van der Waals surface area contributed by atoms with E-state index in [1.807, 2.05) is 67.1 Å². The summed E-state index contributed by atoms with van der Waals surface area (Å²) in [5.74, 6) is 0. The van der Waals surface area contributed by atoms with Gasteiger partial charge in [0, 0.05) is 44.8 Å². The molecule has 0 saturated heterocycles. The predicted molar refractivity (Wildman–Crippen MR) is 98.4 cm³/mol.